The second-order valence-corrected chi connectivity index (χ2v) is 2.49. The third kappa shape index (κ3) is 2.80. The minimum Gasteiger partial charge on any atom is -0.546 e. The van der Waals surface area contributed by atoms with E-state index in [-0.39, 0.29) is 41.2 Å². The predicted molar refractivity (Wildman–Crippen MR) is 44.5 cm³/mol. The Bertz CT molecular complexity index is 466. The van der Waals surface area contributed by atoms with Gasteiger partial charge in [-0.2, -0.15) is 0 Å². The number of aromatic nitrogens is 2. The molecule has 0 aliphatic heterocycles. The fourth-order valence-corrected chi connectivity index (χ4v) is 1.04. The van der Waals surface area contributed by atoms with E-state index in [1.807, 2.05) is 0 Å². The molecule has 0 N–H and O–H groups in total. The molecule has 7 heteroatoms. The summed E-state index contributed by atoms with van der Waals surface area (Å²) in [6.07, 6.45) is 0. The summed E-state index contributed by atoms with van der Waals surface area (Å²) in [6.45, 7) is 14.6. The zero-order chi connectivity index (χ0) is 10.7. The van der Waals surface area contributed by atoms with Crippen molar-refractivity contribution in [3.63, 3.8) is 0 Å². The van der Waals surface area contributed by atoms with Crippen LogP contribution in [0.5, 0.6) is 0 Å². The van der Waals surface area contributed by atoms with Crippen molar-refractivity contribution in [2.45, 2.75) is 13.5 Å². The maximum Gasteiger partial charge on any atom is 1.00 e. The quantitative estimate of drug-likeness (QED) is 0.389. The third-order valence-corrected chi connectivity index (χ3v) is 1.61. The molecule has 70 valence electrons. The number of carboxylic acids is 1. The number of hydrogen-bond donors (Lipinski definition) is 0. The zero-order valence-electron chi connectivity index (χ0n) is 8.31. The average Bonchev–Trinajstić information content (AvgIpc) is 2.42. The van der Waals surface area contributed by atoms with Crippen LogP contribution in [0.3, 0.4) is 0 Å². The Balaban J connectivity index is 0.00000196. The van der Waals surface area contributed by atoms with Crippen LogP contribution >= 0.6 is 0 Å². The number of rotatable bonds is 2. The molecule has 6 nitrogen and oxygen atoms in total. The molecular formula is C8H5N4NaO2. The molecule has 1 rings (SSSR count). The van der Waals surface area contributed by atoms with E-state index >= 15 is 0 Å². The molecule has 0 radical (unpaired) electrons. The average molecular weight is 212 g/mol. The van der Waals surface area contributed by atoms with E-state index in [4.69, 9.17) is 13.1 Å². The first kappa shape index (κ1) is 13.7. The van der Waals surface area contributed by atoms with Gasteiger partial charge in [0.15, 0.2) is 0 Å². The summed E-state index contributed by atoms with van der Waals surface area (Å²) in [5.74, 6) is -1.11. The Morgan fingerprint density at radius 2 is 2.13 bits per heavy atom. The molecule has 0 bridgehead atoms. The van der Waals surface area contributed by atoms with Crippen molar-refractivity contribution < 1.29 is 39.5 Å². The normalized spacial score (nSPS) is 8.47. The van der Waals surface area contributed by atoms with E-state index < -0.39 is 12.5 Å². The van der Waals surface area contributed by atoms with E-state index in [2.05, 4.69) is 14.7 Å². The molecule has 1 aromatic heterocycles. The zero-order valence-corrected chi connectivity index (χ0v) is 10.3. The van der Waals surface area contributed by atoms with Gasteiger partial charge in [-0.25, -0.2) is 0 Å². The second kappa shape index (κ2) is 5.52. The van der Waals surface area contributed by atoms with Crippen molar-refractivity contribution in [3.05, 3.63) is 28.7 Å². The fraction of sp³-hybridized carbons (Fsp3) is 0.250. The van der Waals surface area contributed by atoms with Crippen LogP contribution in [0.15, 0.2) is 0 Å². The summed E-state index contributed by atoms with van der Waals surface area (Å²) in [7, 11) is 0. The minimum atomic E-state index is -1.31. The largest absolute Gasteiger partial charge is 1.00 e. The predicted octanol–water partition coefficient (Wildman–Crippen LogP) is -2.95. The van der Waals surface area contributed by atoms with Crippen LogP contribution < -0.4 is 34.7 Å². The maximum absolute atomic E-state index is 10.3. The fourth-order valence-electron chi connectivity index (χ4n) is 1.04. The SMILES string of the molecule is [C-]#[N+]c1nc(C)n(CC(=O)[O-])c1[N+]#[C-].[Na+]. The standard InChI is InChI=1S/C8H6N4O2.Na/c1-5-11-7(9-2)8(10-3)12(5)4-6(13)14;/h4H2,1H3,(H,13,14);/q;+1/p-1. The molecule has 0 unspecified atom stereocenters. The molecule has 15 heavy (non-hydrogen) atoms. The van der Waals surface area contributed by atoms with Crippen LogP contribution in [-0.2, 0) is 11.3 Å². The number of carbonyl (C=O) groups excluding carboxylic acids is 1. The molecular weight excluding hydrogens is 207 g/mol. The first-order valence-corrected chi connectivity index (χ1v) is 3.62. The van der Waals surface area contributed by atoms with Crippen LogP contribution in [0, 0.1) is 20.1 Å². The smallest absolute Gasteiger partial charge is 0.546 e. The van der Waals surface area contributed by atoms with Crippen LogP contribution in [0.2, 0.25) is 0 Å². The minimum absolute atomic E-state index is 0. The van der Waals surface area contributed by atoms with Crippen molar-refractivity contribution in [1.29, 1.82) is 0 Å². The molecule has 0 aliphatic rings. The molecule has 1 aromatic rings. The maximum atomic E-state index is 10.3. The van der Waals surface area contributed by atoms with Gasteiger partial charge in [-0.1, -0.05) is 18.1 Å². The third-order valence-electron chi connectivity index (χ3n) is 1.61. The topological polar surface area (TPSA) is 66.7 Å². The molecule has 1 heterocycles. The molecule has 0 spiro atoms. The molecule has 0 aromatic carbocycles. The Morgan fingerprint density at radius 1 is 1.53 bits per heavy atom. The van der Waals surface area contributed by atoms with Crippen LogP contribution in [0.1, 0.15) is 5.82 Å². The van der Waals surface area contributed by atoms with Crippen molar-refractivity contribution >= 4 is 17.6 Å². The first-order valence-electron chi connectivity index (χ1n) is 3.62. The summed E-state index contributed by atoms with van der Waals surface area (Å²) < 4.78 is 1.15. The first-order chi connectivity index (χ1) is 6.60. The van der Waals surface area contributed by atoms with E-state index in [0.717, 1.165) is 4.57 Å². The van der Waals surface area contributed by atoms with Gasteiger partial charge in [-0.05, 0) is 0 Å². The van der Waals surface area contributed by atoms with Gasteiger partial charge in [-0.3, -0.25) is 4.57 Å². The Morgan fingerprint density at radius 3 is 2.53 bits per heavy atom. The van der Waals surface area contributed by atoms with E-state index in [0.29, 0.717) is 5.82 Å². The molecule has 0 aliphatic carbocycles. The monoisotopic (exact) mass is 212 g/mol. The number of nitrogens with zero attached hydrogens (tertiary/aromatic N) is 4. The number of aliphatic carboxylic acids is 1. The summed E-state index contributed by atoms with van der Waals surface area (Å²) in [6, 6.07) is 0. The number of hydrogen-bond acceptors (Lipinski definition) is 3. The number of carboxylic acid groups (broad SMARTS) is 1. The summed E-state index contributed by atoms with van der Waals surface area (Å²) in [4.78, 5) is 20.2. The Hall–Kier alpha value is -1.34. The van der Waals surface area contributed by atoms with Crippen molar-refractivity contribution in [2.24, 2.45) is 0 Å². The van der Waals surface area contributed by atoms with Crippen LogP contribution in [0.25, 0.3) is 9.69 Å². The van der Waals surface area contributed by atoms with Gasteiger partial charge < -0.3 is 19.6 Å². The summed E-state index contributed by atoms with van der Waals surface area (Å²) >= 11 is 0. The van der Waals surface area contributed by atoms with Crippen LogP contribution in [-0.4, -0.2) is 15.5 Å². The van der Waals surface area contributed by atoms with Gasteiger partial charge in [0.05, 0.1) is 5.97 Å². The molecule has 0 saturated heterocycles. The van der Waals surface area contributed by atoms with Crippen molar-refractivity contribution in [2.75, 3.05) is 0 Å². The van der Waals surface area contributed by atoms with Crippen LogP contribution in [0.4, 0.5) is 11.6 Å². The van der Waals surface area contributed by atoms with Gasteiger partial charge in [-0.15, -0.1) is 0 Å². The number of imidazole rings is 1. The summed E-state index contributed by atoms with van der Waals surface area (Å²) in [5, 5.41) is 10.3. The molecule has 0 atom stereocenters. The second-order valence-electron chi connectivity index (χ2n) is 2.49. The van der Waals surface area contributed by atoms with E-state index in [1.54, 1.807) is 0 Å². The Kier molecular flexibility index (Phi) is 5.03. The number of carbonyl (C=O) groups is 1. The van der Waals surface area contributed by atoms with Crippen molar-refractivity contribution in [1.82, 2.24) is 9.55 Å². The van der Waals surface area contributed by atoms with Gasteiger partial charge in [0.1, 0.15) is 6.54 Å². The summed E-state index contributed by atoms with van der Waals surface area (Å²) in [5.41, 5.74) is 0. The molecule has 0 saturated carbocycles. The Labute approximate surface area is 108 Å². The van der Waals surface area contributed by atoms with Gasteiger partial charge in [0, 0.05) is 6.92 Å². The molecule has 0 fully saturated rings. The van der Waals surface area contributed by atoms with Gasteiger partial charge in [0.25, 0.3) is 17.5 Å². The van der Waals surface area contributed by atoms with E-state index in [9.17, 15) is 9.90 Å². The number of aryl methyl sites for hydroxylation is 1. The molecule has 0 amide bonds. The van der Waals surface area contributed by atoms with Crippen molar-refractivity contribution in [3.8, 4) is 0 Å². The van der Waals surface area contributed by atoms with E-state index in [1.165, 1.54) is 6.92 Å². The van der Waals surface area contributed by atoms with Gasteiger partial charge in [0.2, 0.25) is 0 Å². The van der Waals surface area contributed by atoms with Gasteiger partial charge >= 0.3 is 29.6 Å².